The second-order valence-electron chi connectivity index (χ2n) is 4.47. The van der Waals surface area contributed by atoms with Crippen LogP contribution in [-0.2, 0) is 4.79 Å². The van der Waals surface area contributed by atoms with Crippen molar-refractivity contribution >= 4 is 40.6 Å². The lowest BCUT2D eigenvalue weighted by molar-refractivity contribution is -0.116. The topological polar surface area (TPSA) is 46.2 Å². The molecule has 108 valence electrons. The van der Waals surface area contributed by atoms with Gasteiger partial charge in [-0.05, 0) is 18.2 Å². The Morgan fingerprint density at radius 3 is 2.29 bits per heavy atom. The summed E-state index contributed by atoms with van der Waals surface area (Å²) >= 11 is 11.7. The molecule has 0 atom stereocenters. The van der Waals surface area contributed by atoms with Crippen LogP contribution in [0.3, 0.4) is 0 Å². The summed E-state index contributed by atoms with van der Waals surface area (Å²) in [5.74, 6) is -0.294. The predicted octanol–water partition coefficient (Wildman–Crippen LogP) is 4.60. The van der Waals surface area contributed by atoms with Gasteiger partial charge in [0, 0.05) is 24.1 Å². The highest BCUT2D eigenvalue weighted by molar-refractivity contribution is 6.42. The van der Waals surface area contributed by atoms with Crippen molar-refractivity contribution in [1.29, 1.82) is 0 Å². The number of Topliss-reactive ketones (excluding diaryl/α,β-unsaturated/α-hetero) is 1. The van der Waals surface area contributed by atoms with Crippen molar-refractivity contribution in [3.05, 3.63) is 64.1 Å². The average molecular weight is 322 g/mol. The van der Waals surface area contributed by atoms with Gasteiger partial charge in [0.05, 0.1) is 10.0 Å². The van der Waals surface area contributed by atoms with E-state index in [0.29, 0.717) is 21.3 Å². The maximum atomic E-state index is 11.9. The Morgan fingerprint density at radius 2 is 1.62 bits per heavy atom. The Balaban J connectivity index is 1.87. The van der Waals surface area contributed by atoms with Gasteiger partial charge < -0.3 is 5.32 Å². The largest absolute Gasteiger partial charge is 0.326 e. The molecule has 0 bridgehead atoms. The molecule has 0 aliphatic carbocycles. The molecule has 0 saturated carbocycles. The minimum Gasteiger partial charge on any atom is -0.326 e. The van der Waals surface area contributed by atoms with E-state index in [0.717, 1.165) is 0 Å². The zero-order valence-corrected chi connectivity index (χ0v) is 12.6. The molecule has 0 radical (unpaired) electrons. The van der Waals surface area contributed by atoms with E-state index < -0.39 is 0 Å². The molecule has 1 N–H and O–H groups in total. The fourth-order valence-corrected chi connectivity index (χ4v) is 2.09. The van der Waals surface area contributed by atoms with Gasteiger partial charge in [-0.25, -0.2) is 0 Å². The molecule has 0 aromatic heterocycles. The molecule has 0 unspecified atom stereocenters. The van der Waals surface area contributed by atoms with Gasteiger partial charge in [-0.3, -0.25) is 9.59 Å². The van der Waals surface area contributed by atoms with Crippen molar-refractivity contribution in [3.8, 4) is 0 Å². The lowest BCUT2D eigenvalue weighted by Crippen LogP contribution is -2.13. The van der Waals surface area contributed by atoms with Crippen LogP contribution in [-0.4, -0.2) is 11.7 Å². The Bertz CT molecular complexity index is 657. The molecule has 5 heteroatoms. The number of amides is 1. The summed E-state index contributed by atoms with van der Waals surface area (Å²) in [7, 11) is 0. The van der Waals surface area contributed by atoms with Gasteiger partial charge >= 0.3 is 0 Å². The quantitative estimate of drug-likeness (QED) is 0.818. The Kier molecular flexibility index (Phi) is 5.37. The van der Waals surface area contributed by atoms with Crippen molar-refractivity contribution in [2.45, 2.75) is 12.8 Å². The van der Waals surface area contributed by atoms with Gasteiger partial charge in [0.2, 0.25) is 5.91 Å². The van der Waals surface area contributed by atoms with Crippen molar-refractivity contribution in [2.75, 3.05) is 5.32 Å². The second kappa shape index (κ2) is 7.25. The molecular weight excluding hydrogens is 309 g/mol. The van der Waals surface area contributed by atoms with Gasteiger partial charge in [0.1, 0.15) is 0 Å². The third-order valence-electron chi connectivity index (χ3n) is 2.88. The first kappa shape index (κ1) is 15.5. The van der Waals surface area contributed by atoms with Crippen LogP contribution in [0.25, 0.3) is 0 Å². The second-order valence-corrected chi connectivity index (χ2v) is 5.28. The van der Waals surface area contributed by atoms with Crippen LogP contribution in [0.15, 0.2) is 48.5 Å². The normalized spacial score (nSPS) is 10.2. The van der Waals surface area contributed by atoms with E-state index in [-0.39, 0.29) is 24.5 Å². The average Bonchev–Trinajstić information content (AvgIpc) is 2.49. The third-order valence-corrected chi connectivity index (χ3v) is 3.62. The fourth-order valence-electron chi connectivity index (χ4n) is 1.79. The van der Waals surface area contributed by atoms with Crippen LogP contribution in [0.4, 0.5) is 5.69 Å². The van der Waals surface area contributed by atoms with Crippen molar-refractivity contribution in [3.63, 3.8) is 0 Å². The van der Waals surface area contributed by atoms with Crippen LogP contribution in [0.2, 0.25) is 10.0 Å². The van der Waals surface area contributed by atoms with Gasteiger partial charge in [-0.1, -0.05) is 53.5 Å². The third kappa shape index (κ3) is 4.59. The van der Waals surface area contributed by atoms with Crippen molar-refractivity contribution < 1.29 is 9.59 Å². The molecule has 3 nitrogen and oxygen atoms in total. The molecule has 2 rings (SSSR count). The summed E-state index contributed by atoms with van der Waals surface area (Å²) < 4.78 is 0. The highest BCUT2D eigenvalue weighted by atomic mass is 35.5. The molecule has 2 aromatic carbocycles. The maximum Gasteiger partial charge on any atom is 0.224 e. The van der Waals surface area contributed by atoms with Crippen LogP contribution in [0.1, 0.15) is 23.2 Å². The standard InChI is InChI=1S/C16H13Cl2NO2/c17-13-7-6-12(10-14(13)18)19-16(21)9-8-15(20)11-4-2-1-3-5-11/h1-7,10H,8-9H2,(H,19,21). The van der Waals surface area contributed by atoms with E-state index in [9.17, 15) is 9.59 Å². The number of rotatable bonds is 5. The van der Waals surface area contributed by atoms with Gasteiger partial charge in [-0.15, -0.1) is 0 Å². The van der Waals surface area contributed by atoms with E-state index in [1.807, 2.05) is 6.07 Å². The van der Waals surface area contributed by atoms with Gasteiger partial charge in [0.15, 0.2) is 5.78 Å². The summed E-state index contributed by atoms with van der Waals surface area (Å²) in [5, 5.41) is 3.48. The molecule has 0 heterocycles. The molecule has 21 heavy (non-hydrogen) atoms. The Hall–Kier alpha value is -1.84. The summed E-state index contributed by atoms with van der Waals surface area (Å²) in [6.07, 6.45) is 0.283. The molecule has 0 saturated heterocycles. The van der Waals surface area contributed by atoms with Crippen molar-refractivity contribution in [2.24, 2.45) is 0 Å². The van der Waals surface area contributed by atoms with E-state index >= 15 is 0 Å². The van der Waals surface area contributed by atoms with E-state index in [1.165, 1.54) is 0 Å². The minimum atomic E-state index is -0.238. The monoisotopic (exact) mass is 321 g/mol. The Labute approximate surface area is 132 Å². The number of hydrogen-bond donors (Lipinski definition) is 1. The lowest BCUT2D eigenvalue weighted by Gasteiger charge is -2.06. The van der Waals surface area contributed by atoms with Crippen LogP contribution >= 0.6 is 23.2 Å². The van der Waals surface area contributed by atoms with Crippen LogP contribution in [0.5, 0.6) is 0 Å². The van der Waals surface area contributed by atoms with E-state index in [4.69, 9.17) is 23.2 Å². The van der Waals surface area contributed by atoms with Gasteiger partial charge in [0.25, 0.3) is 0 Å². The number of carbonyl (C=O) groups excluding carboxylic acids is 2. The molecule has 1 amide bonds. The molecular formula is C16H13Cl2NO2. The highest BCUT2D eigenvalue weighted by Crippen LogP contribution is 2.25. The number of anilines is 1. The SMILES string of the molecule is O=C(CCC(=O)c1ccccc1)Nc1ccc(Cl)c(Cl)c1. The minimum absolute atomic E-state index is 0.0557. The number of ketones is 1. The lowest BCUT2D eigenvalue weighted by atomic mass is 10.1. The zero-order chi connectivity index (χ0) is 15.2. The van der Waals surface area contributed by atoms with Crippen molar-refractivity contribution in [1.82, 2.24) is 0 Å². The van der Waals surface area contributed by atoms with E-state index in [1.54, 1.807) is 42.5 Å². The first-order chi connectivity index (χ1) is 10.1. The molecule has 0 aliphatic rings. The summed E-state index contributed by atoms with van der Waals surface area (Å²) in [6.45, 7) is 0. The number of hydrogen-bond acceptors (Lipinski definition) is 2. The zero-order valence-electron chi connectivity index (χ0n) is 11.1. The number of carbonyl (C=O) groups is 2. The summed E-state index contributed by atoms with van der Waals surface area (Å²) in [4.78, 5) is 23.7. The fraction of sp³-hybridized carbons (Fsp3) is 0.125. The Morgan fingerprint density at radius 1 is 0.905 bits per heavy atom. The van der Waals surface area contributed by atoms with Gasteiger partial charge in [-0.2, -0.15) is 0 Å². The molecule has 0 spiro atoms. The number of benzene rings is 2. The summed E-state index contributed by atoms with van der Waals surface area (Å²) in [6, 6.07) is 13.7. The smallest absolute Gasteiger partial charge is 0.224 e. The predicted molar refractivity (Wildman–Crippen MR) is 85.1 cm³/mol. The molecule has 0 fully saturated rings. The molecule has 0 aliphatic heterocycles. The highest BCUT2D eigenvalue weighted by Gasteiger charge is 2.09. The first-order valence-corrected chi connectivity index (χ1v) is 7.15. The first-order valence-electron chi connectivity index (χ1n) is 6.39. The number of halogens is 2. The summed E-state index contributed by atoms with van der Waals surface area (Å²) in [5.41, 5.74) is 1.17. The molecule has 2 aromatic rings. The maximum absolute atomic E-state index is 11.9. The van der Waals surface area contributed by atoms with E-state index in [2.05, 4.69) is 5.32 Å². The number of nitrogens with one attached hydrogen (secondary N) is 1. The van der Waals surface area contributed by atoms with Crippen LogP contribution < -0.4 is 5.32 Å². The van der Waals surface area contributed by atoms with Crippen LogP contribution in [0, 0.1) is 0 Å².